The molecule has 2 aliphatic heterocycles. The quantitative estimate of drug-likeness (QED) is 0.218. The zero-order valence-corrected chi connectivity index (χ0v) is 23.2. The van der Waals surface area contributed by atoms with Gasteiger partial charge >= 0.3 is 5.97 Å². The Morgan fingerprint density at radius 2 is 1.19 bits per heavy atom. The summed E-state index contributed by atoms with van der Waals surface area (Å²) in [5, 5.41) is 39.2. The molecule has 0 aromatic heterocycles. The molecule has 218 valence electrons. The Hall–Kier alpha value is -0.850. The minimum Gasteiger partial charge on any atom is -0.481 e. The second-order valence-corrected chi connectivity index (χ2v) is 10.9. The van der Waals surface area contributed by atoms with Crippen molar-refractivity contribution in [3.05, 3.63) is 0 Å². The zero-order chi connectivity index (χ0) is 27.5. The molecule has 4 N–H and O–H groups in total. The van der Waals surface area contributed by atoms with Gasteiger partial charge < -0.3 is 44.1 Å². The SMILES string of the molecule is CC(CCCC[C@@H](C)O[C@@H]1OC(C)[C@H](O)C[C@@H]1O)O[C@@H]1C[C@H](O)[C@H](O[C@H](C)CCCCC(=O)O)OC1C. The molecule has 0 aromatic carbocycles. The highest BCUT2D eigenvalue weighted by Crippen LogP contribution is 2.27. The Balaban J connectivity index is 1.61. The summed E-state index contributed by atoms with van der Waals surface area (Å²) in [6.45, 7) is 9.60. The summed E-state index contributed by atoms with van der Waals surface area (Å²) in [6, 6.07) is 0. The average Bonchev–Trinajstić information content (AvgIpc) is 2.81. The highest BCUT2D eigenvalue weighted by Gasteiger charge is 2.38. The summed E-state index contributed by atoms with van der Waals surface area (Å²) in [4.78, 5) is 10.6. The van der Waals surface area contributed by atoms with Gasteiger partial charge in [-0.1, -0.05) is 19.3 Å². The molecule has 2 saturated heterocycles. The summed E-state index contributed by atoms with van der Waals surface area (Å²) in [6.07, 6.45) is 1.81. The van der Waals surface area contributed by atoms with E-state index in [1.54, 1.807) is 6.92 Å². The molecule has 10 heteroatoms. The molecule has 11 atom stereocenters. The molecule has 0 radical (unpaired) electrons. The van der Waals surface area contributed by atoms with Crippen molar-refractivity contribution in [3.8, 4) is 0 Å². The molecule has 2 aliphatic rings. The second-order valence-electron chi connectivity index (χ2n) is 10.9. The third-order valence-electron chi connectivity index (χ3n) is 7.21. The van der Waals surface area contributed by atoms with Gasteiger partial charge in [0.25, 0.3) is 0 Å². The van der Waals surface area contributed by atoms with Crippen LogP contribution in [-0.4, -0.2) is 93.9 Å². The van der Waals surface area contributed by atoms with Crippen LogP contribution in [0.3, 0.4) is 0 Å². The first kappa shape index (κ1) is 32.4. The van der Waals surface area contributed by atoms with Crippen LogP contribution in [0.1, 0.15) is 98.8 Å². The molecule has 10 nitrogen and oxygen atoms in total. The zero-order valence-electron chi connectivity index (χ0n) is 23.2. The largest absolute Gasteiger partial charge is 0.481 e. The van der Waals surface area contributed by atoms with Crippen molar-refractivity contribution in [2.24, 2.45) is 0 Å². The Morgan fingerprint density at radius 3 is 1.73 bits per heavy atom. The third kappa shape index (κ3) is 11.8. The first-order valence-electron chi connectivity index (χ1n) is 14.0. The minimum absolute atomic E-state index is 0.0101. The monoisotopic (exact) mass is 534 g/mol. The van der Waals surface area contributed by atoms with Gasteiger partial charge in [0.2, 0.25) is 0 Å². The van der Waals surface area contributed by atoms with Crippen LogP contribution in [0.2, 0.25) is 0 Å². The van der Waals surface area contributed by atoms with Gasteiger partial charge in [-0.3, -0.25) is 4.79 Å². The summed E-state index contributed by atoms with van der Waals surface area (Å²) in [5.74, 6) is -0.792. The number of ether oxygens (including phenoxy) is 5. The Morgan fingerprint density at radius 1 is 0.730 bits per heavy atom. The Labute approximate surface area is 221 Å². The van der Waals surface area contributed by atoms with E-state index in [1.807, 2.05) is 27.7 Å². The standard InChI is InChI=1S/C27H50O10/c1-16(10-6-7-11-17(2)34-26-22(29)14-21(28)19(4)36-26)33-24-15-23(30)27(37-20(24)5)35-18(3)12-8-9-13-25(31)32/h16-24,26-30H,6-15H2,1-5H3,(H,31,32)/t16?,17-,18-,19?,20?,21-,22+,23+,24-,26-,27-/m1/s1. The number of unbranched alkanes of at least 4 members (excludes halogenated alkanes) is 2. The lowest BCUT2D eigenvalue weighted by molar-refractivity contribution is -0.282. The van der Waals surface area contributed by atoms with E-state index in [9.17, 15) is 20.1 Å². The molecule has 37 heavy (non-hydrogen) atoms. The van der Waals surface area contributed by atoms with Gasteiger partial charge in [-0.2, -0.15) is 0 Å². The lowest BCUT2D eigenvalue weighted by Crippen LogP contribution is -2.49. The molecule has 3 unspecified atom stereocenters. The number of hydrogen-bond donors (Lipinski definition) is 4. The molecule has 0 aliphatic carbocycles. The van der Waals surface area contributed by atoms with E-state index in [4.69, 9.17) is 28.8 Å². The number of rotatable bonds is 16. The summed E-state index contributed by atoms with van der Waals surface area (Å²) >= 11 is 0. The maximum atomic E-state index is 10.6. The van der Waals surface area contributed by atoms with E-state index >= 15 is 0 Å². The number of aliphatic hydroxyl groups excluding tert-OH is 3. The van der Waals surface area contributed by atoms with E-state index in [0.29, 0.717) is 19.3 Å². The van der Waals surface area contributed by atoms with Crippen LogP contribution in [0, 0.1) is 0 Å². The summed E-state index contributed by atoms with van der Waals surface area (Å²) in [5.41, 5.74) is 0. The van der Waals surface area contributed by atoms with Crippen LogP contribution >= 0.6 is 0 Å². The van der Waals surface area contributed by atoms with E-state index in [0.717, 1.165) is 32.1 Å². The highest BCUT2D eigenvalue weighted by atomic mass is 16.7. The van der Waals surface area contributed by atoms with Crippen molar-refractivity contribution >= 4 is 5.97 Å². The molecule has 2 heterocycles. The Bertz CT molecular complexity index is 649. The van der Waals surface area contributed by atoms with Gasteiger partial charge in [0, 0.05) is 19.3 Å². The fraction of sp³-hybridized carbons (Fsp3) is 0.963. The second kappa shape index (κ2) is 16.3. The molecule has 2 rings (SSSR count). The third-order valence-corrected chi connectivity index (χ3v) is 7.21. The van der Waals surface area contributed by atoms with Crippen molar-refractivity contribution in [2.45, 2.75) is 166 Å². The van der Waals surface area contributed by atoms with Gasteiger partial charge in [0.05, 0.1) is 42.7 Å². The highest BCUT2D eigenvalue weighted by molar-refractivity contribution is 5.66. The average molecular weight is 535 g/mol. The number of hydrogen-bond acceptors (Lipinski definition) is 9. The van der Waals surface area contributed by atoms with Crippen LogP contribution < -0.4 is 0 Å². The number of carboxylic acids is 1. The maximum absolute atomic E-state index is 10.6. The Kier molecular flexibility index (Phi) is 14.3. The fourth-order valence-electron chi connectivity index (χ4n) is 4.82. The van der Waals surface area contributed by atoms with Crippen LogP contribution in [0.4, 0.5) is 0 Å². The van der Waals surface area contributed by atoms with Gasteiger partial charge in [-0.25, -0.2) is 0 Å². The van der Waals surface area contributed by atoms with Crippen molar-refractivity contribution in [2.75, 3.05) is 0 Å². The normalized spacial score (nSPS) is 35.1. The fourth-order valence-corrected chi connectivity index (χ4v) is 4.82. The van der Waals surface area contributed by atoms with Crippen molar-refractivity contribution < 1.29 is 48.9 Å². The maximum Gasteiger partial charge on any atom is 0.303 e. The molecular formula is C27H50O10. The van der Waals surface area contributed by atoms with Crippen molar-refractivity contribution in [3.63, 3.8) is 0 Å². The summed E-state index contributed by atoms with van der Waals surface area (Å²) in [7, 11) is 0. The molecule has 0 amide bonds. The van der Waals surface area contributed by atoms with Crippen molar-refractivity contribution in [1.29, 1.82) is 0 Å². The molecule has 0 bridgehead atoms. The van der Waals surface area contributed by atoms with Crippen LogP contribution in [0.5, 0.6) is 0 Å². The predicted molar refractivity (Wildman–Crippen MR) is 136 cm³/mol. The molecule has 0 spiro atoms. The van der Waals surface area contributed by atoms with Crippen LogP contribution in [0.15, 0.2) is 0 Å². The van der Waals surface area contributed by atoms with Gasteiger partial charge in [0.15, 0.2) is 12.6 Å². The van der Waals surface area contributed by atoms with E-state index in [-0.39, 0.29) is 49.5 Å². The topological polar surface area (TPSA) is 144 Å². The number of aliphatic hydroxyl groups is 3. The van der Waals surface area contributed by atoms with Crippen LogP contribution in [0.25, 0.3) is 0 Å². The minimum atomic E-state index is -0.825. The molecule has 0 aromatic rings. The smallest absolute Gasteiger partial charge is 0.303 e. The van der Waals surface area contributed by atoms with Gasteiger partial charge in [-0.15, -0.1) is 0 Å². The molecular weight excluding hydrogens is 484 g/mol. The first-order chi connectivity index (χ1) is 17.5. The van der Waals surface area contributed by atoms with E-state index in [1.165, 1.54) is 0 Å². The lowest BCUT2D eigenvalue weighted by atomic mass is 10.0. The predicted octanol–water partition coefficient (Wildman–Crippen LogP) is 3.13. The summed E-state index contributed by atoms with van der Waals surface area (Å²) < 4.78 is 29.4. The molecule has 2 fully saturated rings. The number of aliphatic carboxylic acids is 1. The van der Waals surface area contributed by atoms with Gasteiger partial charge in [-0.05, 0) is 60.3 Å². The first-order valence-corrected chi connectivity index (χ1v) is 14.0. The molecule has 0 saturated carbocycles. The number of carbonyl (C=O) groups is 1. The van der Waals surface area contributed by atoms with Crippen molar-refractivity contribution in [1.82, 2.24) is 0 Å². The van der Waals surface area contributed by atoms with Gasteiger partial charge in [0.1, 0.15) is 12.2 Å². The number of carboxylic acid groups (broad SMARTS) is 1. The lowest BCUT2D eigenvalue weighted by Gasteiger charge is -2.39. The van der Waals surface area contributed by atoms with Crippen LogP contribution in [-0.2, 0) is 28.5 Å². The van der Waals surface area contributed by atoms with E-state index in [2.05, 4.69) is 0 Å². The van der Waals surface area contributed by atoms with E-state index < -0.39 is 36.9 Å².